The number of thiol groups is 1. The molecule has 0 amide bonds. The Balaban J connectivity index is 2.88. The van der Waals surface area contributed by atoms with E-state index in [0.29, 0.717) is 0 Å². The molecule has 0 saturated heterocycles. The fourth-order valence-corrected chi connectivity index (χ4v) is 4.44. The van der Waals surface area contributed by atoms with Crippen LogP contribution in [0.4, 0.5) is 0 Å². The lowest BCUT2D eigenvalue weighted by Crippen LogP contribution is -1.75. The molecule has 0 saturated carbocycles. The van der Waals surface area contributed by atoms with Crippen LogP contribution in [-0.2, 0) is 0 Å². The highest BCUT2D eigenvalue weighted by Gasteiger charge is 2.08. The van der Waals surface area contributed by atoms with Crippen molar-refractivity contribution >= 4 is 68.4 Å². The summed E-state index contributed by atoms with van der Waals surface area (Å²) in [6.45, 7) is 0. The summed E-state index contributed by atoms with van der Waals surface area (Å²) in [7, 11) is 0. The Morgan fingerprint density at radius 1 is 1.46 bits per heavy atom. The first-order valence-electron chi connectivity index (χ1n) is 3.66. The van der Waals surface area contributed by atoms with Crippen molar-refractivity contribution in [3.8, 4) is 0 Å². The molecule has 2 rings (SSSR count). The maximum absolute atomic E-state index is 4.45. The highest BCUT2D eigenvalue weighted by Crippen LogP contribution is 2.37. The Labute approximate surface area is 105 Å². The number of benzene rings is 1. The topological polar surface area (TPSA) is 0 Å². The van der Waals surface area contributed by atoms with E-state index in [1.807, 2.05) is 0 Å². The fourth-order valence-electron chi connectivity index (χ4n) is 1.24. The molecule has 0 N–H and O–H groups in total. The number of hydrogen-bond donors (Lipinski definition) is 1. The lowest BCUT2D eigenvalue weighted by atomic mass is 10.3. The van der Waals surface area contributed by atoms with Crippen molar-refractivity contribution in [3.05, 3.63) is 21.1 Å². The largest absolute Gasteiger partial charge is 0.142 e. The van der Waals surface area contributed by atoms with Crippen LogP contribution in [0.5, 0.6) is 0 Å². The molecule has 0 aliphatic rings. The van der Waals surface area contributed by atoms with Crippen LogP contribution >= 0.6 is 58.3 Å². The van der Waals surface area contributed by atoms with E-state index < -0.39 is 0 Å². The van der Waals surface area contributed by atoms with Crippen LogP contribution in [0, 0.1) is 3.57 Å². The first-order chi connectivity index (χ1) is 6.24. The molecule has 0 unspecified atom stereocenters. The van der Waals surface area contributed by atoms with Crippen LogP contribution in [0.15, 0.2) is 27.3 Å². The minimum Gasteiger partial charge on any atom is -0.142 e. The van der Waals surface area contributed by atoms with E-state index in [2.05, 4.69) is 59.0 Å². The van der Waals surface area contributed by atoms with Gasteiger partial charge in [-0.1, -0.05) is 0 Å². The molecule has 4 heteroatoms. The van der Waals surface area contributed by atoms with Gasteiger partial charge in [-0.3, -0.25) is 0 Å². The minimum atomic E-state index is 1.08. The SMILES string of the molecule is CSc1ccc(S)c2scc(I)c12. The summed E-state index contributed by atoms with van der Waals surface area (Å²) in [5.41, 5.74) is 0. The highest BCUT2D eigenvalue weighted by molar-refractivity contribution is 14.1. The van der Waals surface area contributed by atoms with Gasteiger partial charge in [0.25, 0.3) is 0 Å². The van der Waals surface area contributed by atoms with Gasteiger partial charge in [0.05, 0.1) is 0 Å². The third kappa shape index (κ3) is 1.73. The monoisotopic (exact) mass is 338 g/mol. The normalized spacial score (nSPS) is 11.0. The Hall–Kier alpha value is 0.610. The summed E-state index contributed by atoms with van der Waals surface area (Å²) >= 11 is 10.4. The summed E-state index contributed by atoms with van der Waals surface area (Å²) in [5, 5.41) is 3.55. The van der Waals surface area contributed by atoms with E-state index in [0.717, 1.165) is 4.90 Å². The molecule has 1 aromatic carbocycles. The van der Waals surface area contributed by atoms with Crippen molar-refractivity contribution in [1.29, 1.82) is 0 Å². The quantitative estimate of drug-likeness (QED) is 0.453. The number of halogens is 1. The summed E-state index contributed by atoms with van der Waals surface area (Å²) in [5.74, 6) is 0. The molecule has 68 valence electrons. The molecule has 0 aliphatic carbocycles. The van der Waals surface area contributed by atoms with Crippen molar-refractivity contribution in [2.75, 3.05) is 6.26 Å². The average Bonchev–Trinajstić information content (AvgIpc) is 2.51. The predicted molar refractivity (Wildman–Crippen MR) is 73.6 cm³/mol. The number of rotatable bonds is 1. The van der Waals surface area contributed by atoms with E-state index in [1.54, 1.807) is 23.1 Å². The smallest absolute Gasteiger partial charge is 0.0498 e. The number of thiophene rings is 1. The molecule has 1 heterocycles. The summed E-state index contributed by atoms with van der Waals surface area (Å²) < 4.78 is 2.64. The number of thioether (sulfide) groups is 1. The van der Waals surface area contributed by atoms with Crippen LogP contribution in [0.25, 0.3) is 10.1 Å². The molecule has 0 bridgehead atoms. The minimum absolute atomic E-state index is 1.08. The number of hydrogen-bond acceptors (Lipinski definition) is 3. The Morgan fingerprint density at radius 3 is 2.92 bits per heavy atom. The first kappa shape index (κ1) is 10.1. The predicted octanol–water partition coefficient (Wildman–Crippen LogP) is 4.52. The van der Waals surface area contributed by atoms with Gasteiger partial charge in [0, 0.05) is 28.8 Å². The van der Waals surface area contributed by atoms with Gasteiger partial charge in [0.1, 0.15) is 0 Å². The molecule has 0 atom stereocenters. The lowest BCUT2D eigenvalue weighted by Gasteiger charge is -2.01. The highest BCUT2D eigenvalue weighted by atomic mass is 127. The van der Waals surface area contributed by atoms with E-state index in [1.165, 1.54) is 18.6 Å². The molecule has 0 spiro atoms. The van der Waals surface area contributed by atoms with Crippen molar-refractivity contribution in [2.45, 2.75) is 9.79 Å². The summed E-state index contributed by atoms with van der Waals surface area (Å²) in [4.78, 5) is 2.43. The standard InChI is InChI=1S/C9H7IS3/c1-12-7-3-2-6(11)9-8(7)5(10)4-13-9/h2-4,11H,1H3. The van der Waals surface area contributed by atoms with Gasteiger partial charge >= 0.3 is 0 Å². The second kappa shape index (κ2) is 4.00. The van der Waals surface area contributed by atoms with E-state index >= 15 is 0 Å². The molecule has 0 nitrogen and oxygen atoms in total. The van der Waals surface area contributed by atoms with Gasteiger partial charge in [-0.05, 0) is 41.0 Å². The number of fused-ring (bicyclic) bond motifs is 1. The van der Waals surface area contributed by atoms with Gasteiger partial charge in [-0.15, -0.1) is 35.7 Å². The van der Waals surface area contributed by atoms with E-state index in [9.17, 15) is 0 Å². The van der Waals surface area contributed by atoms with E-state index in [-0.39, 0.29) is 0 Å². The van der Waals surface area contributed by atoms with Gasteiger partial charge in [0.15, 0.2) is 0 Å². The molecule has 2 aromatic rings. The third-order valence-corrected chi connectivity index (χ3v) is 5.43. The van der Waals surface area contributed by atoms with Gasteiger partial charge in [-0.25, -0.2) is 0 Å². The zero-order valence-corrected chi connectivity index (χ0v) is 11.6. The van der Waals surface area contributed by atoms with E-state index in [4.69, 9.17) is 0 Å². The zero-order chi connectivity index (χ0) is 9.42. The first-order valence-corrected chi connectivity index (χ1v) is 7.29. The Kier molecular flexibility index (Phi) is 3.12. The maximum Gasteiger partial charge on any atom is 0.0498 e. The van der Waals surface area contributed by atoms with Crippen molar-refractivity contribution in [2.24, 2.45) is 0 Å². The van der Waals surface area contributed by atoms with Gasteiger partial charge < -0.3 is 0 Å². The van der Waals surface area contributed by atoms with Crippen LogP contribution < -0.4 is 0 Å². The summed E-state index contributed by atoms with van der Waals surface area (Å²) in [6.07, 6.45) is 2.11. The Bertz CT molecular complexity index is 447. The molecule has 0 aliphatic heterocycles. The van der Waals surface area contributed by atoms with Crippen molar-refractivity contribution < 1.29 is 0 Å². The van der Waals surface area contributed by atoms with Crippen molar-refractivity contribution in [3.63, 3.8) is 0 Å². The van der Waals surface area contributed by atoms with Crippen LogP contribution in [0.3, 0.4) is 0 Å². The van der Waals surface area contributed by atoms with Crippen LogP contribution in [0.1, 0.15) is 0 Å². The third-order valence-electron chi connectivity index (χ3n) is 1.84. The molecular formula is C9H7IS3. The molecular weight excluding hydrogens is 331 g/mol. The zero-order valence-electron chi connectivity index (χ0n) is 6.87. The molecule has 0 fully saturated rings. The fraction of sp³-hybridized carbons (Fsp3) is 0.111. The second-order valence-electron chi connectivity index (χ2n) is 2.57. The average molecular weight is 338 g/mol. The van der Waals surface area contributed by atoms with Crippen LogP contribution in [-0.4, -0.2) is 6.26 Å². The maximum atomic E-state index is 4.45. The molecule has 1 aromatic heterocycles. The second-order valence-corrected chi connectivity index (χ2v) is 5.95. The molecule has 13 heavy (non-hydrogen) atoms. The van der Waals surface area contributed by atoms with Gasteiger partial charge in [0.2, 0.25) is 0 Å². The Morgan fingerprint density at radius 2 is 2.23 bits per heavy atom. The molecule has 0 radical (unpaired) electrons. The van der Waals surface area contributed by atoms with Crippen molar-refractivity contribution in [1.82, 2.24) is 0 Å². The summed E-state index contributed by atoms with van der Waals surface area (Å²) in [6, 6.07) is 4.22. The van der Waals surface area contributed by atoms with Crippen LogP contribution in [0.2, 0.25) is 0 Å². The lowest BCUT2D eigenvalue weighted by molar-refractivity contribution is 1.48. The van der Waals surface area contributed by atoms with Gasteiger partial charge in [-0.2, -0.15) is 0 Å².